The Morgan fingerprint density at radius 2 is 1.70 bits per heavy atom. The van der Waals surface area contributed by atoms with Gasteiger partial charge < -0.3 is 15.0 Å². The summed E-state index contributed by atoms with van der Waals surface area (Å²) in [5.41, 5.74) is 2.74. The molecule has 3 aromatic rings. The van der Waals surface area contributed by atoms with Crippen LogP contribution in [0.3, 0.4) is 0 Å². The Kier molecular flexibility index (Phi) is 10.7. The average Bonchev–Trinajstić information content (AvgIpc) is 2.96. The molecule has 0 unspecified atom stereocenters. The van der Waals surface area contributed by atoms with Crippen LogP contribution in [0.5, 0.6) is 5.75 Å². The second-order valence-electron chi connectivity index (χ2n) is 9.81. The maximum Gasteiger partial charge on any atom is 0.264 e. The number of carbonyl (C=O) groups is 2. The van der Waals surface area contributed by atoms with Crippen LogP contribution in [0.25, 0.3) is 0 Å². The van der Waals surface area contributed by atoms with Gasteiger partial charge in [0.05, 0.1) is 17.7 Å². The number of aryl methyl sites for hydroxylation is 2. The van der Waals surface area contributed by atoms with Crippen molar-refractivity contribution in [3.8, 4) is 5.75 Å². The third-order valence-electron chi connectivity index (χ3n) is 6.73. The first-order chi connectivity index (χ1) is 19.1. The van der Waals surface area contributed by atoms with E-state index in [0.29, 0.717) is 23.5 Å². The molecule has 0 heterocycles. The molecule has 0 bridgehead atoms. The number of ether oxygens (including phenoxy) is 1. The highest BCUT2D eigenvalue weighted by Gasteiger charge is 2.33. The average molecular weight is 566 g/mol. The fourth-order valence-corrected chi connectivity index (χ4v) is 5.80. The summed E-state index contributed by atoms with van der Waals surface area (Å²) in [6, 6.07) is 19.9. The van der Waals surface area contributed by atoms with Crippen LogP contribution in [0.2, 0.25) is 0 Å². The standard InChI is InChI=1S/C31H39N3O5S/c1-6-7-18-32-31(36)25(4)33(21-26-12-11-13-27(20-26)39-5)30(35)22-34(29-19-23(2)16-17-24(29)3)40(37,38)28-14-9-8-10-15-28/h8-17,19-20,25H,6-7,18,21-22H2,1-5H3,(H,32,36)/t25-/m1/s1. The van der Waals surface area contributed by atoms with Gasteiger partial charge in [-0.1, -0.05) is 55.8 Å². The van der Waals surface area contributed by atoms with Crippen molar-refractivity contribution < 1.29 is 22.7 Å². The predicted molar refractivity (Wildman–Crippen MR) is 158 cm³/mol. The van der Waals surface area contributed by atoms with Crippen LogP contribution in [0, 0.1) is 13.8 Å². The maximum atomic E-state index is 14.0. The third kappa shape index (κ3) is 7.63. The van der Waals surface area contributed by atoms with Gasteiger partial charge in [0.1, 0.15) is 18.3 Å². The molecule has 9 heteroatoms. The van der Waals surface area contributed by atoms with Gasteiger partial charge in [-0.05, 0) is 74.2 Å². The summed E-state index contributed by atoms with van der Waals surface area (Å²) in [6.07, 6.45) is 1.74. The van der Waals surface area contributed by atoms with E-state index in [9.17, 15) is 18.0 Å². The fourth-order valence-electron chi connectivity index (χ4n) is 4.31. The Labute approximate surface area is 238 Å². The Hall–Kier alpha value is -3.85. The molecule has 214 valence electrons. The fraction of sp³-hybridized carbons (Fsp3) is 0.355. The quantitative estimate of drug-likeness (QED) is 0.299. The Balaban J connectivity index is 2.04. The number of nitrogens with zero attached hydrogens (tertiary/aromatic N) is 2. The van der Waals surface area contributed by atoms with Gasteiger partial charge in [0.2, 0.25) is 11.8 Å². The van der Waals surface area contributed by atoms with Gasteiger partial charge in [0, 0.05) is 13.1 Å². The Morgan fingerprint density at radius 1 is 0.975 bits per heavy atom. The van der Waals surface area contributed by atoms with Crippen LogP contribution in [0.4, 0.5) is 5.69 Å². The zero-order valence-corrected chi connectivity index (χ0v) is 24.7. The van der Waals surface area contributed by atoms with Crippen LogP contribution >= 0.6 is 0 Å². The zero-order chi connectivity index (χ0) is 29.3. The number of amides is 2. The molecule has 2 amide bonds. The van der Waals surface area contributed by atoms with Gasteiger partial charge in [0.25, 0.3) is 10.0 Å². The number of anilines is 1. The number of benzene rings is 3. The largest absolute Gasteiger partial charge is 0.497 e. The van der Waals surface area contributed by atoms with E-state index in [2.05, 4.69) is 5.32 Å². The SMILES string of the molecule is CCCCNC(=O)[C@@H](C)N(Cc1cccc(OC)c1)C(=O)CN(c1cc(C)ccc1C)S(=O)(=O)c1ccccc1. The lowest BCUT2D eigenvalue weighted by Gasteiger charge is -2.32. The smallest absolute Gasteiger partial charge is 0.264 e. The molecule has 8 nitrogen and oxygen atoms in total. The normalized spacial score (nSPS) is 11.9. The number of rotatable bonds is 13. The monoisotopic (exact) mass is 565 g/mol. The van der Waals surface area contributed by atoms with Crippen LogP contribution in [0.15, 0.2) is 77.7 Å². The van der Waals surface area contributed by atoms with E-state index >= 15 is 0 Å². The van der Waals surface area contributed by atoms with Gasteiger partial charge in [-0.25, -0.2) is 8.42 Å². The van der Waals surface area contributed by atoms with Gasteiger partial charge in [-0.2, -0.15) is 0 Å². The summed E-state index contributed by atoms with van der Waals surface area (Å²) in [5.74, 6) is -0.177. The van der Waals surface area contributed by atoms with Gasteiger partial charge >= 0.3 is 0 Å². The van der Waals surface area contributed by atoms with Gasteiger partial charge in [-0.3, -0.25) is 13.9 Å². The molecule has 40 heavy (non-hydrogen) atoms. The second-order valence-corrected chi connectivity index (χ2v) is 11.7. The first-order valence-corrected chi connectivity index (χ1v) is 14.9. The lowest BCUT2D eigenvalue weighted by atomic mass is 10.1. The summed E-state index contributed by atoms with van der Waals surface area (Å²) >= 11 is 0. The molecule has 0 spiro atoms. The highest BCUT2D eigenvalue weighted by Crippen LogP contribution is 2.28. The van der Waals surface area contributed by atoms with Crippen LogP contribution in [-0.4, -0.2) is 51.4 Å². The number of hydrogen-bond acceptors (Lipinski definition) is 5. The number of methoxy groups -OCH3 is 1. The van der Waals surface area contributed by atoms with Crippen LogP contribution in [0.1, 0.15) is 43.4 Å². The first kappa shape index (κ1) is 30.7. The summed E-state index contributed by atoms with van der Waals surface area (Å²) in [6.45, 7) is 7.50. The highest BCUT2D eigenvalue weighted by atomic mass is 32.2. The first-order valence-electron chi connectivity index (χ1n) is 13.4. The minimum Gasteiger partial charge on any atom is -0.497 e. The molecule has 0 radical (unpaired) electrons. The number of nitrogens with one attached hydrogen (secondary N) is 1. The van der Waals surface area contributed by atoms with Crippen molar-refractivity contribution >= 4 is 27.5 Å². The van der Waals surface area contributed by atoms with E-state index in [0.717, 1.165) is 28.3 Å². The van der Waals surface area contributed by atoms with Crippen molar-refractivity contribution in [3.05, 3.63) is 89.5 Å². The molecule has 0 aliphatic carbocycles. The molecule has 0 aliphatic rings. The Bertz CT molecular complexity index is 1410. The van der Waals surface area contributed by atoms with Crippen LogP contribution in [-0.2, 0) is 26.2 Å². The molecule has 0 saturated heterocycles. The molecule has 0 aliphatic heterocycles. The molecular weight excluding hydrogens is 526 g/mol. The summed E-state index contributed by atoms with van der Waals surface area (Å²) < 4.78 is 34.4. The summed E-state index contributed by atoms with van der Waals surface area (Å²) in [7, 11) is -2.55. The number of unbranched alkanes of at least 4 members (excludes halogenated alkanes) is 1. The predicted octanol–water partition coefficient (Wildman–Crippen LogP) is 4.84. The Morgan fingerprint density at radius 3 is 2.38 bits per heavy atom. The highest BCUT2D eigenvalue weighted by molar-refractivity contribution is 7.92. The molecule has 0 aromatic heterocycles. The van der Waals surface area contributed by atoms with Crippen molar-refractivity contribution in [3.63, 3.8) is 0 Å². The van der Waals surface area contributed by atoms with Crippen molar-refractivity contribution in [1.29, 1.82) is 0 Å². The lowest BCUT2D eigenvalue weighted by Crippen LogP contribution is -2.51. The number of carbonyl (C=O) groups excluding carboxylic acids is 2. The van der Waals surface area contributed by atoms with Gasteiger partial charge in [-0.15, -0.1) is 0 Å². The molecule has 3 aromatic carbocycles. The second kappa shape index (κ2) is 14.0. The van der Waals surface area contributed by atoms with E-state index < -0.39 is 28.5 Å². The van der Waals surface area contributed by atoms with Crippen molar-refractivity contribution in [2.45, 2.75) is 58.0 Å². The minimum atomic E-state index is -4.10. The van der Waals surface area contributed by atoms with Gasteiger partial charge in [0.15, 0.2) is 0 Å². The van der Waals surface area contributed by atoms with E-state index in [1.807, 2.05) is 45.0 Å². The summed E-state index contributed by atoms with van der Waals surface area (Å²) in [4.78, 5) is 28.6. The van der Waals surface area contributed by atoms with Crippen molar-refractivity contribution in [2.24, 2.45) is 0 Å². The molecule has 0 saturated carbocycles. The number of sulfonamides is 1. The number of hydrogen-bond donors (Lipinski definition) is 1. The molecule has 1 N–H and O–H groups in total. The van der Waals surface area contributed by atoms with E-state index in [-0.39, 0.29) is 17.3 Å². The van der Waals surface area contributed by atoms with E-state index in [4.69, 9.17) is 4.74 Å². The zero-order valence-electron chi connectivity index (χ0n) is 23.9. The molecular formula is C31H39N3O5S. The van der Waals surface area contributed by atoms with Crippen molar-refractivity contribution in [1.82, 2.24) is 10.2 Å². The molecule has 0 fully saturated rings. The maximum absolute atomic E-state index is 14.0. The molecule has 1 atom stereocenters. The topological polar surface area (TPSA) is 96.0 Å². The lowest BCUT2D eigenvalue weighted by molar-refractivity contribution is -0.139. The van der Waals surface area contributed by atoms with Crippen molar-refractivity contribution in [2.75, 3.05) is 24.5 Å². The van der Waals surface area contributed by atoms with E-state index in [1.165, 1.54) is 17.0 Å². The third-order valence-corrected chi connectivity index (χ3v) is 8.50. The van der Waals surface area contributed by atoms with Crippen LogP contribution < -0.4 is 14.4 Å². The van der Waals surface area contributed by atoms with E-state index in [1.54, 1.807) is 50.4 Å². The summed E-state index contributed by atoms with van der Waals surface area (Å²) in [5, 5.41) is 2.90. The minimum absolute atomic E-state index is 0.0772. The molecule has 3 rings (SSSR count).